The lowest BCUT2D eigenvalue weighted by molar-refractivity contribution is -0.968. The second kappa shape index (κ2) is 9.82. The van der Waals surface area contributed by atoms with E-state index in [9.17, 15) is 0 Å². The molecule has 0 aliphatic carbocycles. The molecule has 176 valence electrons. The maximum absolute atomic E-state index is 2.82. The molecular weight excluding hydrogens is 364 g/mol. The molecule has 0 aromatic heterocycles. The molecule has 4 unspecified atom stereocenters. The number of hydrogen-bond acceptors (Lipinski definition) is 1. The van der Waals surface area contributed by atoms with Gasteiger partial charge in [0.15, 0.2) is 0 Å². The van der Waals surface area contributed by atoms with Crippen LogP contribution in [0.2, 0.25) is 0 Å². The molecule has 4 aliphatic heterocycles. The van der Waals surface area contributed by atoms with Crippen molar-refractivity contribution in [2.24, 2.45) is 23.7 Å². The van der Waals surface area contributed by atoms with Crippen molar-refractivity contribution in [2.45, 2.75) is 149 Å². The minimum Gasteiger partial charge on any atom is -0.319 e. The molecule has 2 nitrogen and oxygen atoms in total. The lowest BCUT2D eigenvalue weighted by Gasteiger charge is -2.52. The topological polar surface area (TPSA) is 3.24 Å². The zero-order chi connectivity index (χ0) is 22.2. The van der Waals surface area contributed by atoms with E-state index in [1.54, 1.807) is 0 Å². The molecule has 4 rings (SSSR count). The van der Waals surface area contributed by atoms with Gasteiger partial charge in [-0.15, -0.1) is 0 Å². The molecule has 4 atom stereocenters. The van der Waals surface area contributed by atoms with Crippen LogP contribution in [0, 0.1) is 23.7 Å². The lowest BCUT2D eigenvalue weighted by Crippen LogP contribution is -2.61. The Bertz CT molecular complexity index is 503. The van der Waals surface area contributed by atoms with E-state index < -0.39 is 0 Å². The average molecular weight is 420 g/mol. The van der Waals surface area contributed by atoms with Gasteiger partial charge in [0.05, 0.1) is 25.2 Å². The third-order valence-electron chi connectivity index (χ3n) is 10.2. The van der Waals surface area contributed by atoms with Crippen LogP contribution in [-0.4, -0.2) is 52.7 Å². The SMILES string of the molecule is CC(C)C1CC2CCC(C1)[N+]2(C)C(C)C.CC(C)C1CC2CCCC(C1)N2C(C)C. The van der Waals surface area contributed by atoms with Crippen molar-refractivity contribution in [1.29, 1.82) is 0 Å². The minimum atomic E-state index is 0.758. The van der Waals surface area contributed by atoms with Crippen LogP contribution in [0.5, 0.6) is 0 Å². The Hall–Kier alpha value is -0.0800. The van der Waals surface area contributed by atoms with Crippen molar-refractivity contribution >= 4 is 0 Å². The number of hydrogen-bond donors (Lipinski definition) is 0. The largest absolute Gasteiger partial charge is 0.319 e. The summed E-state index contributed by atoms with van der Waals surface area (Å²) >= 11 is 0. The zero-order valence-electron chi connectivity index (χ0n) is 22.0. The number of piperidine rings is 3. The van der Waals surface area contributed by atoms with Crippen LogP contribution in [-0.2, 0) is 0 Å². The van der Waals surface area contributed by atoms with E-state index in [4.69, 9.17) is 0 Å². The van der Waals surface area contributed by atoms with Crippen LogP contribution < -0.4 is 0 Å². The molecule has 4 fully saturated rings. The van der Waals surface area contributed by atoms with E-state index in [-0.39, 0.29) is 0 Å². The maximum Gasteiger partial charge on any atom is 0.0897 e. The Morgan fingerprint density at radius 2 is 1.07 bits per heavy atom. The summed E-state index contributed by atoms with van der Waals surface area (Å²) < 4.78 is 1.38. The van der Waals surface area contributed by atoms with Gasteiger partial charge in [-0.3, -0.25) is 4.90 Å². The van der Waals surface area contributed by atoms with Crippen molar-refractivity contribution in [2.75, 3.05) is 7.05 Å². The molecule has 4 aliphatic rings. The van der Waals surface area contributed by atoms with Gasteiger partial charge in [-0.2, -0.15) is 0 Å². The van der Waals surface area contributed by atoms with Crippen molar-refractivity contribution in [1.82, 2.24) is 4.90 Å². The third-order valence-corrected chi connectivity index (χ3v) is 10.2. The Morgan fingerprint density at radius 1 is 0.633 bits per heavy atom. The van der Waals surface area contributed by atoms with Crippen molar-refractivity contribution in [3.05, 3.63) is 0 Å². The second-order valence-corrected chi connectivity index (χ2v) is 12.9. The molecule has 4 heterocycles. The highest BCUT2D eigenvalue weighted by molar-refractivity contribution is 4.94. The van der Waals surface area contributed by atoms with Crippen LogP contribution in [0.1, 0.15) is 113 Å². The van der Waals surface area contributed by atoms with Crippen LogP contribution in [0.3, 0.4) is 0 Å². The fourth-order valence-electron chi connectivity index (χ4n) is 7.96. The molecule has 4 saturated heterocycles. The molecule has 4 bridgehead atoms. The van der Waals surface area contributed by atoms with E-state index in [0.29, 0.717) is 0 Å². The molecule has 0 aromatic rings. The van der Waals surface area contributed by atoms with E-state index in [0.717, 1.165) is 59.9 Å². The third kappa shape index (κ3) is 4.80. The van der Waals surface area contributed by atoms with Crippen LogP contribution in [0.25, 0.3) is 0 Å². The number of rotatable bonds is 4. The van der Waals surface area contributed by atoms with Crippen LogP contribution >= 0.6 is 0 Å². The summed E-state index contributed by atoms with van der Waals surface area (Å²) in [6, 6.07) is 5.33. The van der Waals surface area contributed by atoms with Gasteiger partial charge in [0.1, 0.15) is 0 Å². The highest BCUT2D eigenvalue weighted by atomic mass is 15.4. The lowest BCUT2D eigenvalue weighted by atomic mass is 9.73. The van der Waals surface area contributed by atoms with Crippen LogP contribution in [0.4, 0.5) is 0 Å². The first-order valence-corrected chi connectivity index (χ1v) is 13.7. The summed E-state index contributed by atoms with van der Waals surface area (Å²) in [6.07, 6.45) is 13.3. The quantitative estimate of drug-likeness (QED) is 0.438. The van der Waals surface area contributed by atoms with Gasteiger partial charge in [-0.1, -0.05) is 34.1 Å². The van der Waals surface area contributed by atoms with Crippen molar-refractivity contribution in [3.8, 4) is 0 Å². The van der Waals surface area contributed by atoms with Gasteiger partial charge in [-0.25, -0.2) is 0 Å². The molecule has 0 N–H and O–H groups in total. The van der Waals surface area contributed by atoms with Crippen molar-refractivity contribution in [3.63, 3.8) is 0 Å². The highest BCUT2D eigenvalue weighted by Gasteiger charge is 2.53. The molecule has 0 radical (unpaired) electrons. The molecular formula is C28H55N2+. The predicted molar refractivity (Wildman–Crippen MR) is 132 cm³/mol. The summed E-state index contributed by atoms with van der Waals surface area (Å²) in [5.41, 5.74) is 0. The van der Waals surface area contributed by atoms with E-state index >= 15 is 0 Å². The monoisotopic (exact) mass is 419 g/mol. The summed E-state index contributed by atoms with van der Waals surface area (Å²) in [5, 5.41) is 0. The first-order chi connectivity index (χ1) is 14.1. The zero-order valence-corrected chi connectivity index (χ0v) is 22.0. The Kier molecular flexibility index (Phi) is 8.04. The van der Waals surface area contributed by atoms with Gasteiger partial charge >= 0.3 is 0 Å². The Labute approximate surface area is 189 Å². The van der Waals surface area contributed by atoms with Gasteiger partial charge in [0, 0.05) is 43.8 Å². The molecule has 0 aromatic carbocycles. The normalized spacial score (nSPS) is 41.5. The number of quaternary nitrogens is 1. The fraction of sp³-hybridized carbons (Fsp3) is 1.00. The average Bonchev–Trinajstić information content (AvgIpc) is 2.84. The van der Waals surface area contributed by atoms with Gasteiger partial charge in [0.2, 0.25) is 0 Å². The van der Waals surface area contributed by atoms with Gasteiger partial charge in [0.25, 0.3) is 0 Å². The summed E-state index contributed by atoms with van der Waals surface area (Å²) in [4.78, 5) is 2.82. The maximum atomic E-state index is 2.82. The minimum absolute atomic E-state index is 0.758. The molecule has 30 heavy (non-hydrogen) atoms. The summed E-state index contributed by atoms with van der Waals surface area (Å²) in [7, 11) is 2.52. The van der Waals surface area contributed by atoms with Gasteiger partial charge < -0.3 is 4.48 Å². The van der Waals surface area contributed by atoms with E-state index in [1.807, 2.05) is 0 Å². The second-order valence-electron chi connectivity index (χ2n) is 12.9. The fourth-order valence-corrected chi connectivity index (χ4v) is 7.96. The Balaban J connectivity index is 0.000000171. The molecule has 0 spiro atoms. The van der Waals surface area contributed by atoms with Gasteiger partial charge in [-0.05, 0) is 77.0 Å². The molecule has 0 saturated carbocycles. The number of nitrogens with zero attached hydrogens (tertiary/aromatic N) is 2. The summed E-state index contributed by atoms with van der Waals surface area (Å²) in [5.74, 6) is 3.79. The smallest absolute Gasteiger partial charge is 0.0897 e. The molecule has 0 amide bonds. The van der Waals surface area contributed by atoms with Crippen LogP contribution in [0.15, 0.2) is 0 Å². The van der Waals surface area contributed by atoms with Crippen molar-refractivity contribution < 1.29 is 4.48 Å². The summed E-state index contributed by atoms with van der Waals surface area (Å²) in [6.45, 7) is 19.2. The Morgan fingerprint density at radius 3 is 1.43 bits per heavy atom. The first kappa shape index (κ1) is 24.6. The first-order valence-electron chi connectivity index (χ1n) is 13.7. The highest BCUT2D eigenvalue weighted by Crippen LogP contribution is 2.47. The standard InChI is InChI=1S/C14H28N.C14H27N/c1-10(2)12-8-13-6-7-14(9-12)15(13,5)11(3)4;1-10(2)12-8-13-6-5-7-14(9-12)15(13)11(3)4/h10-14H,6-9H2,1-5H3;10-14H,5-9H2,1-4H3/q+1;. The number of fused-ring (bicyclic) bond motifs is 4. The predicted octanol–water partition coefficient (Wildman–Crippen LogP) is 7.12. The van der Waals surface area contributed by atoms with E-state index in [2.05, 4.69) is 67.3 Å². The van der Waals surface area contributed by atoms with E-state index in [1.165, 1.54) is 62.3 Å². The molecule has 2 heteroatoms.